The molecule has 4 aromatic rings. The zero-order valence-corrected chi connectivity index (χ0v) is 38.7. The lowest BCUT2D eigenvalue weighted by atomic mass is 10.1. The van der Waals surface area contributed by atoms with E-state index in [1.54, 1.807) is 30.0 Å². The molecule has 56 heavy (non-hydrogen) atoms. The second-order valence-corrected chi connectivity index (χ2v) is 13.8. The van der Waals surface area contributed by atoms with Gasteiger partial charge in [-0.2, -0.15) is 0 Å². The first kappa shape index (κ1) is 61.8. The fraction of sp³-hybridized carbons (Fsp3) is 0.333. The predicted octanol–water partition coefficient (Wildman–Crippen LogP) is 16.1. The molecular formula is C48H71O4S4-. The lowest BCUT2D eigenvalue weighted by Gasteiger charge is -2.19. The quantitative estimate of drug-likeness (QED) is 0.106. The van der Waals surface area contributed by atoms with Gasteiger partial charge in [0.15, 0.2) is 6.29 Å². The van der Waals surface area contributed by atoms with Crippen molar-refractivity contribution in [3.8, 4) is 0 Å². The minimum absolute atomic E-state index is 0. The van der Waals surface area contributed by atoms with E-state index < -0.39 is 5.97 Å². The Balaban J connectivity index is -0.000000190. The number of aldehydes is 1. The zero-order chi connectivity index (χ0) is 41.9. The maximum absolute atomic E-state index is 10.9. The Bertz CT molecular complexity index is 1630. The highest BCUT2D eigenvalue weighted by Crippen LogP contribution is 2.37. The highest BCUT2D eigenvalue weighted by atomic mass is 32.2. The molecule has 2 heterocycles. The van der Waals surface area contributed by atoms with Crippen molar-refractivity contribution in [2.45, 2.75) is 128 Å². The number of thioether (sulfide) groups is 2. The number of carbonyl (C=O) groups is 2. The molecule has 2 unspecified atom stereocenters. The zero-order valence-electron chi connectivity index (χ0n) is 35.3. The van der Waals surface area contributed by atoms with Crippen LogP contribution in [0.4, 0.5) is 0 Å². The normalized spacial score (nSPS) is 13.2. The molecular weight excluding hydrogens is 769 g/mol. The summed E-state index contributed by atoms with van der Waals surface area (Å²) in [5, 5.41) is 9.62. The molecule has 0 amide bonds. The van der Waals surface area contributed by atoms with Crippen LogP contribution in [0.3, 0.4) is 0 Å². The molecule has 0 saturated heterocycles. The maximum atomic E-state index is 10.9. The molecule has 0 aromatic heterocycles. The van der Waals surface area contributed by atoms with E-state index in [9.17, 15) is 9.59 Å². The maximum Gasteiger partial charge on any atom is 0.332 e. The first-order chi connectivity index (χ1) is 26.1. The third-order valence-electron chi connectivity index (χ3n) is 6.62. The van der Waals surface area contributed by atoms with Crippen LogP contribution in [-0.4, -0.2) is 33.3 Å². The SMILES string of the molecule is C.C/C=C/C.CC.CC.CC.CC.CC1=Cc2ccccc2SC1C.CC1Sc2ccccc2C=C1C(=O)O.O=Cc1ccccc1S.Sc1ccccc1.[OH-]. The largest absolute Gasteiger partial charge is 0.870 e. The minimum atomic E-state index is -0.820. The molecule has 2 N–H and O–H groups in total. The predicted molar refractivity (Wildman–Crippen MR) is 260 cm³/mol. The molecule has 0 spiro atoms. The first-order valence-electron chi connectivity index (χ1n) is 18.8. The molecule has 312 valence electrons. The van der Waals surface area contributed by atoms with Gasteiger partial charge in [-0.25, -0.2) is 4.79 Å². The van der Waals surface area contributed by atoms with Gasteiger partial charge in [0.25, 0.3) is 0 Å². The average Bonchev–Trinajstić information content (AvgIpc) is 3.22. The standard InChI is InChI=1S/C11H10O2S.C11H12S.C7H6OS.C6H6S.C4H8.4C2H6.CH4.H2O/c1-7-9(11(12)13)6-8-4-2-3-5-10(8)14-7;1-8-7-10-5-3-4-6-11(10)12-9(8)2;8-5-6-3-1-2-4-7(6)9;7-6-4-2-1-3-5-6;1-3-4-2;4*1-2;;/h2-7H,1H3,(H,12,13);3-7,9H,1-2H3;1-5,9H;1-5,7H;3-4H,1-2H3;4*1-2H3;1H4;1H2/p-1/b;;;;4-3+;;;;;;. The minimum Gasteiger partial charge on any atom is -0.870 e. The molecule has 8 heteroatoms. The monoisotopic (exact) mass is 839 g/mol. The Labute approximate surface area is 361 Å². The topological polar surface area (TPSA) is 84.4 Å². The van der Waals surface area contributed by atoms with E-state index in [-0.39, 0.29) is 18.2 Å². The van der Waals surface area contributed by atoms with E-state index in [0.717, 1.165) is 26.5 Å². The summed E-state index contributed by atoms with van der Waals surface area (Å²) >= 11 is 11.7. The van der Waals surface area contributed by atoms with Gasteiger partial charge in [-0.1, -0.05) is 159 Å². The Morgan fingerprint density at radius 1 is 0.625 bits per heavy atom. The van der Waals surface area contributed by atoms with Crippen molar-refractivity contribution in [3.63, 3.8) is 0 Å². The van der Waals surface area contributed by atoms with Gasteiger partial charge >= 0.3 is 5.97 Å². The van der Waals surface area contributed by atoms with Gasteiger partial charge in [-0.15, -0.1) is 48.8 Å². The van der Waals surface area contributed by atoms with E-state index in [1.807, 2.05) is 167 Å². The second-order valence-electron chi connectivity index (χ2n) is 10.1. The number of carboxylic acids is 1. The molecule has 4 aromatic carbocycles. The molecule has 2 aliphatic heterocycles. The van der Waals surface area contributed by atoms with Crippen LogP contribution in [0, 0.1) is 0 Å². The van der Waals surface area contributed by atoms with Crippen LogP contribution in [0.2, 0.25) is 0 Å². The third-order valence-corrected chi connectivity index (χ3v) is 9.91. The average molecular weight is 840 g/mol. The van der Waals surface area contributed by atoms with Crippen LogP contribution in [0.5, 0.6) is 0 Å². The Hall–Kier alpha value is -3.40. The van der Waals surface area contributed by atoms with Crippen LogP contribution in [0.15, 0.2) is 146 Å². The Morgan fingerprint density at radius 3 is 1.39 bits per heavy atom. The van der Waals surface area contributed by atoms with Crippen LogP contribution in [-0.2, 0) is 4.79 Å². The van der Waals surface area contributed by atoms with Crippen molar-refractivity contribution in [2.75, 3.05) is 0 Å². The number of hydrogen-bond acceptors (Lipinski definition) is 7. The fourth-order valence-corrected chi connectivity index (χ4v) is 6.39. The Morgan fingerprint density at radius 2 is 1.02 bits per heavy atom. The van der Waals surface area contributed by atoms with Crippen molar-refractivity contribution < 1.29 is 20.2 Å². The summed E-state index contributed by atoms with van der Waals surface area (Å²) in [4.78, 5) is 25.4. The van der Waals surface area contributed by atoms with Gasteiger partial charge < -0.3 is 10.6 Å². The third kappa shape index (κ3) is 26.5. The lowest BCUT2D eigenvalue weighted by molar-refractivity contribution is -0.132. The van der Waals surface area contributed by atoms with Crippen molar-refractivity contribution in [2.24, 2.45) is 0 Å². The van der Waals surface area contributed by atoms with Gasteiger partial charge in [0, 0.05) is 35.6 Å². The molecule has 0 radical (unpaired) electrons. The lowest BCUT2D eigenvalue weighted by Crippen LogP contribution is -2.14. The summed E-state index contributed by atoms with van der Waals surface area (Å²) in [6, 6.07) is 33.4. The van der Waals surface area contributed by atoms with Crippen molar-refractivity contribution in [1.29, 1.82) is 0 Å². The number of carboxylic acid groups (broad SMARTS) is 1. The van der Waals surface area contributed by atoms with Crippen LogP contribution in [0.1, 0.15) is 119 Å². The molecule has 2 atom stereocenters. The van der Waals surface area contributed by atoms with Gasteiger partial charge in [0.1, 0.15) is 0 Å². The molecule has 0 aliphatic carbocycles. The molecule has 0 fully saturated rings. The number of carbonyl (C=O) groups excluding carboxylic acids is 1. The molecule has 0 bridgehead atoms. The fourth-order valence-electron chi connectivity index (χ4n) is 3.85. The van der Waals surface area contributed by atoms with E-state index in [4.69, 9.17) is 5.11 Å². The van der Waals surface area contributed by atoms with Gasteiger partial charge in [-0.3, -0.25) is 4.79 Å². The highest BCUT2D eigenvalue weighted by molar-refractivity contribution is 8.00. The van der Waals surface area contributed by atoms with Crippen molar-refractivity contribution >= 4 is 73.2 Å². The first-order valence-corrected chi connectivity index (χ1v) is 21.5. The van der Waals surface area contributed by atoms with Crippen LogP contribution in [0.25, 0.3) is 12.2 Å². The van der Waals surface area contributed by atoms with E-state index in [2.05, 4.69) is 69.4 Å². The van der Waals surface area contributed by atoms with Crippen LogP contribution < -0.4 is 0 Å². The second kappa shape index (κ2) is 41.2. The Kier molecular flexibility index (Phi) is 45.5. The summed E-state index contributed by atoms with van der Waals surface area (Å²) in [5.41, 5.74) is 4.97. The van der Waals surface area contributed by atoms with Gasteiger partial charge in [0.2, 0.25) is 0 Å². The van der Waals surface area contributed by atoms with Crippen molar-refractivity contribution in [3.05, 3.63) is 143 Å². The summed E-state index contributed by atoms with van der Waals surface area (Å²) in [7, 11) is 0. The van der Waals surface area contributed by atoms with Crippen molar-refractivity contribution in [1.82, 2.24) is 0 Å². The van der Waals surface area contributed by atoms with Gasteiger partial charge in [0.05, 0.1) is 5.57 Å². The molecule has 6 rings (SSSR count). The number of fused-ring (bicyclic) bond motifs is 2. The van der Waals surface area contributed by atoms with Crippen LogP contribution >= 0.6 is 48.8 Å². The molecule has 4 nitrogen and oxygen atoms in total. The van der Waals surface area contributed by atoms with E-state index in [0.29, 0.717) is 16.4 Å². The number of allylic oxidation sites excluding steroid dienone is 2. The summed E-state index contributed by atoms with van der Waals surface area (Å²) < 4.78 is 0. The summed E-state index contributed by atoms with van der Waals surface area (Å²) in [6.07, 6.45) is 8.84. The number of thiol groups is 2. The number of rotatable bonds is 2. The molecule has 2 aliphatic rings. The number of aliphatic carboxylic acids is 1. The van der Waals surface area contributed by atoms with E-state index >= 15 is 0 Å². The summed E-state index contributed by atoms with van der Waals surface area (Å²) in [5.74, 6) is -0.820. The van der Waals surface area contributed by atoms with E-state index in [1.165, 1.54) is 16.0 Å². The van der Waals surface area contributed by atoms with Gasteiger partial charge in [-0.05, 0) is 82.2 Å². The number of hydrogen-bond donors (Lipinski definition) is 3. The smallest absolute Gasteiger partial charge is 0.332 e. The molecule has 0 saturated carbocycles. The number of benzene rings is 4. The summed E-state index contributed by atoms with van der Waals surface area (Å²) in [6.45, 7) is 26.4. The highest BCUT2D eigenvalue weighted by Gasteiger charge is 2.22.